The van der Waals surface area contributed by atoms with Gasteiger partial charge in [0.25, 0.3) is 9.84 Å². The molecule has 0 bridgehead atoms. The fraction of sp³-hybridized carbons (Fsp3) is 0.400. The Labute approximate surface area is 146 Å². The number of benzene rings is 1. The lowest BCUT2D eigenvalue weighted by atomic mass is 10.2. The SMILES string of the molecule is CC(C)c1nc([C@H](C)Nc2ccc(F)cc2S(=O)(=O)C(F)(F)F)cs1. The summed E-state index contributed by atoms with van der Waals surface area (Å²) in [5.41, 5.74) is -5.29. The summed E-state index contributed by atoms with van der Waals surface area (Å²) in [5, 5.41) is 5.28. The molecular formula is C15H16F4N2O2S2. The monoisotopic (exact) mass is 396 g/mol. The summed E-state index contributed by atoms with van der Waals surface area (Å²) < 4.78 is 75.2. The van der Waals surface area contributed by atoms with Crippen LogP contribution >= 0.6 is 11.3 Å². The molecule has 1 heterocycles. The maximum atomic E-state index is 13.3. The van der Waals surface area contributed by atoms with E-state index in [-0.39, 0.29) is 11.6 Å². The third kappa shape index (κ3) is 4.12. The fourth-order valence-corrected chi connectivity index (χ4v) is 3.90. The lowest BCUT2D eigenvalue weighted by molar-refractivity contribution is -0.0435. The normalized spacial score (nSPS) is 13.9. The quantitative estimate of drug-likeness (QED) is 0.733. The zero-order valence-electron chi connectivity index (χ0n) is 13.6. The van der Waals surface area contributed by atoms with E-state index in [1.165, 1.54) is 11.3 Å². The largest absolute Gasteiger partial charge is 0.501 e. The van der Waals surface area contributed by atoms with Gasteiger partial charge in [-0.05, 0) is 25.1 Å². The van der Waals surface area contributed by atoms with Gasteiger partial charge in [-0.25, -0.2) is 17.8 Å². The number of hydrogen-bond donors (Lipinski definition) is 1. The van der Waals surface area contributed by atoms with Gasteiger partial charge in [0.05, 0.1) is 22.4 Å². The minimum absolute atomic E-state index is 0.193. The molecule has 1 aromatic heterocycles. The van der Waals surface area contributed by atoms with Crippen LogP contribution in [0.1, 0.15) is 43.4 Å². The van der Waals surface area contributed by atoms with E-state index >= 15 is 0 Å². The molecule has 138 valence electrons. The molecule has 0 fully saturated rings. The fourth-order valence-electron chi connectivity index (χ4n) is 2.03. The molecular weight excluding hydrogens is 380 g/mol. The van der Waals surface area contributed by atoms with Crippen molar-refractivity contribution in [1.29, 1.82) is 0 Å². The summed E-state index contributed by atoms with van der Waals surface area (Å²) in [5.74, 6) is -0.880. The number of hydrogen-bond acceptors (Lipinski definition) is 5. The van der Waals surface area contributed by atoms with Crippen LogP contribution < -0.4 is 5.32 Å². The molecule has 0 saturated heterocycles. The van der Waals surface area contributed by atoms with Gasteiger partial charge in [0.2, 0.25) is 0 Å². The molecule has 0 aliphatic heterocycles. The minimum Gasteiger partial charge on any atom is -0.376 e. The minimum atomic E-state index is -5.69. The highest BCUT2D eigenvalue weighted by Gasteiger charge is 2.48. The molecule has 0 aliphatic rings. The van der Waals surface area contributed by atoms with Crippen molar-refractivity contribution >= 4 is 26.9 Å². The highest BCUT2D eigenvalue weighted by atomic mass is 32.2. The molecule has 0 aliphatic carbocycles. The highest BCUT2D eigenvalue weighted by molar-refractivity contribution is 7.92. The lowest BCUT2D eigenvalue weighted by Crippen LogP contribution is -2.25. The zero-order valence-corrected chi connectivity index (χ0v) is 15.2. The second-order valence-electron chi connectivity index (χ2n) is 5.72. The molecule has 1 aromatic carbocycles. The molecule has 0 amide bonds. The Kier molecular flexibility index (Phi) is 5.43. The first-order chi connectivity index (χ1) is 11.4. The predicted molar refractivity (Wildman–Crippen MR) is 87.9 cm³/mol. The summed E-state index contributed by atoms with van der Waals surface area (Å²) in [7, 11) is -5.69. The molecule has 0 saturated carbocycles. The molecule has 25 heavy (non-hydrogen) atoms. The average Bonchev–Trinajstić information content (AvgIpc) is 2.98. The first kappa shape index (κ1) is 19.6. The lowest BCUT2D eigenvalue weighted by Gasteiger charge is -2.18. The molecule has 1 N–H and O–H groups in total. The Morgan fingerprint density at radius 1 is 1.20 bits per heavy atom. The van der Waals surface area contributed by atoms with E-state index in [4.69, 9.17) is 0 Å². The maximum Gasteiger partial charge on any atom is 0.501 e. The molecule has 1 atom stereocenters. The predicted octanol–water partition coefficient (Wildman–Crippen LogP) is 4.87. The van der Waals surface area contributed by atoms with Gasteiger partial charge in [-0.3, -0.25) is 0 Å². The summed E-state index contributed by atoms with van der Waals surface area (Å²) in [6.07, 6.45) is 0. The van der Waals surface area contributed by atoms with Gasteiger partial charge in [-0.1, -0.05) is 13.8 Å². The second kappa shape index (κ2) is 6.91. The summed E-state index contributed by atoms with van der Waals surface area (Å²) in [6, 6.07) is 1.67. The Morgan fingerprint density at radius 3 is 2.36 bits per heavy atom. The van der Waals surface area contributed by atoms with Crippen molar-refractivity contribution in [3.8, 4) is 0 Å². The van der Waals surface area contributed by atoms with Crippen LogP contribution in [-0.2, 0) is 9.84 Å². The number of anilines is 1. The van der Waals surface area contributed by atoms with Crippen LogP contribution in [0.25, 0.3) is 0 Å². The molecule has 4 nitrogen and oxygen atoms in total. The van der Waals surface area contributed by atoms with Crippen LogP contribution in [-0.4, -0.2) is 18.9 Å². The van der Waals surface area contributed by atoms with Crippen LogP contribution in [0.2, 0.25) is 0 Å². The summed E-state index contributed by atoms with van der Waals surface area (Å²) in [6.45, 7) is 5.54. The molecule has 0 unspecified atom stereocenters. The van der Waals surface area contributed by atoms with E-state index in [0.717, 1.165) is 17.1 Å². The van der Waals surface area contributed by atoms with Crippen molar-refractivity contribution in [3.63, 3.8) is 0 Å². The van der Waals surface area contributed by atoms with E-state index in [1.54, 1.807) is 12.3 Å². The van der Waals surface area contributed by atoms with Crippen LogP contribution in [0.5, 0.6) is 0 Å². The number of nitrogens with one attached hydrogen (secondary N) is 1. The van der Waals surface area contributed by atoms with Gasteiger partial charge in [0.1, 0.15) is 10.7 Å². The highest BCUT2D eigenvalue weighted by Crippen LogP contribution is 2.36. The molecule has 2 aromatic rings. The topological polar surface area (TPSA) is 59.1 Å². The van der Waals surface area contributed by atoms with Crippen molar-refractivity contribution in [3.05, 3.63) is 40.1 Å². The Balaban J connectivity index is 2.40. The molecule has 10 heteroatoms. The zero-order chi connectivity index (χ0) is 19.0. The first-order valence-corrected chi connectivity index (χ1v) is 9.62. The molecule has 2 rings (SSSR count). The maximum absolute atomic E-state index is 13.3. The third-order valence-corrected chi connectivity index (χ3v) is 6.08. The second-order valence-corrected chi connectivity index (χ2v) is 8.52. The summed E-state index contributed by atoms with van der Waals surface area (Å²) in [4.78, 5) is 3.23. The smallest absolute Gasteiger partial charge is 0.376 e. The Bertz CT molecular complexity index is 861. The van der Waals surface area contributed by atoms with Gasteiger partial charge in [0.15, 0.2) is 0 Å². The van der Waals surface area contributed by atoms with Crippen LogP contribution in [0.3, 0.4) is 0 Å². The van der Waals surface area contributed by atoms with Gasteiger partial charge in [-0.15, -0.1) is 11.3 Å². The number of sulfone groups is 1. The number of thiazole rings is 1. The van der Waals surface area contributed by atoms with Gasteiger partial charge >= 0.3 is 5.51 Å². The van der Waals surface area contributed by atoms with Crippen LogP contribution in [0.4, 0.5) is 23.2 Å². The van der Waals surface area contributed by atoms with Crippen molar-refractivity contribution in [2.24, 2.45) is 0 Å². The Morgan fingerprint density at radius 2 is 1.84 bits per heavy atom. The van der Waals surface area contributed by atoms with Gasteiger partial charge in [0, 0.05) is 11.3 Å². The number of alkyl halides is 3. The third-order valence-electron chi connectivity index (χ3n) is 3.39. The van der Waals surface area contributed by atoms with Crippen LogP contribution in [0, 0.1) is 5.82 Å². The van der Waals surface area contributed by atoms with Crippen molar-refractivity contribution in [1.82, 2.24) is 4.98 Å². The average molecular weight is 396 g/mol. The first-order valence-electron chi connectivity index (χ1n) is 7.26. The van der Waals surface area contributed by atoms with Crippen molar-refractivity contribution in [2.75, 3.05) is 5.32 Å². The van der Waals surface area contributed by atoms with Gasteiger partial charge in [-0.2, -0.15) is 13.2 Å². The van der Waals surface area contributed by atoms with Crippen LogP contribution in [0.15, 0.2) is 28.5 Å². The van der Waals surface area contributed by atoms with E-state index in [9.17, 15) is 26.0 Å². The van der Waals surface area contributed by atoms with Crippen molar-refractivity contribution in [2.45, 2.75) is 43.1 Å². The standard InChI is InChI=1S/C15H16F4N2O2S2/c1-8(2)14-21-12(7-24-14)9(3)20-11-5-4-10(16)6-13(11)25(22,23)15(17,18)19/h4-9,20H,1-3H3/t9-/m0/s1. The molecule has 0 spiro atoms. The van der Waals surface area contributed by atoms with E-state index in [2.05, 4.69) is 10.3 Å². The molecule has 0 radical (unpaired) electrons. The van der Waals surface area contributed by atoms with Gasteiger partial charge < -0.3 is 5.32 Å². The van der Waals surface area contributed by atoms with E-state index in [0.29, 0.717) is 11.8 Å². The van der Waals surface area contributed by atoms with E-state index in [1.807, 2.05) is 13.8 Å². The van der Waals surface area contributed by atoms with Crippen molar-refractivity contribution < 1.29 is 26.0 Å². The summed E-state index contributed by atoms with van der Waals surface area (Å²) >= 11 is 1.40. The Hall–Kier alpha value is -1.68. The number of halogens is 4. The van der Waals surface area contributed by atoms with E-state index < -0.39 is 32.1 Å². The number of nitrogens with zero attached hydrogens (tertiary/aromatic N) is 1. The number of rotatable bonds is 5. The number of aromatic nitrogens is 1.